The Morgan fingerprint density at radius 3 is 2.00 bits per heavy atom. The molecule has 26 heavy (non-hydrogen) atoms. The van der Waals surface area contributed by atoms with Gasteiger partial charge in [-0.3, -0.25) is 0 Å². The lowest BCUT2D eigenvalue weighted by atomic mass is 10.1. The van der Waals surface area contributed by atoms with Gasteiger partial charge in [-0.05, 0) is 40.6 Å². The Balaban J connectivity index is 1.67. The summed E-state index contributed by atoms with van der Waals surface area (Å²) >= 11 is 0. The summed E-state index contributed by atoms with van der Waals surface area (Å²) in [4.78, 5) is 2.34. The van der Waals surface area contributed by atoms with E-state index < -0.39 is 0 Å². The van der Waals surface area contributed by atoms with Crippen LogP contribution in [0.15, 0.2) is 109 Å². The lowest BCUT2D eigenvalue weighted by Gasteiger charge is -2.24. The van der Waals surface area contributed by atoms with Gasteiger partial charge in [0.15, 0.2) is 0 Å². The quantitative estimate of drug-likeness (QED) is 0.392. The van der Waals surface area contributed by atoms with E-state index in [1.165, 1.54) is 27.7 Å². The Bertz CT molecular complexity index is 1000. The maximum absolute atomic E-state index is 2.34. The minimum atomic E-state index is 0.817. The molecule has 0 N–H and O–H groups in total. The van der Waals surface area contributed by atoms with E-state index in [1.54, 1.807) is 0 Å². The summed E-state index contributed by atoms with van der Waals surface area (Å²) in [5.41, 5.74) is 3.62. The number of nitrogens with zero attached hydrogens (tertiary/aromatic N) is 1. The Morgan fingerprint density at radius 1 is 0.577 bits per heavy atom. The monoisotopic (exact) mass is 335 g/mol. The van der Waals surface area contributed by atoms with Gasteiger partial charge in [-0.15, -0.1) is 0 Å². The molecule has 0 fully saturated rings. The molecule has 0 unspecified atom stereocenters. The first-order valence-electron chi connectivity index (χ1n) is 8.93. The third kappa shape index (κ3) is 3.68. The van der Waals surface area contributed by atoms with Crippen molar-refractivity contribution in [3.8, 4) is 0 Å². The van der Waals surface area contributed by atoms with Gasteiger partial charge in [0.25, 0.3) is 0 Å². The average Bonchev–Trinajstić information content (AvgIpc) is 2.72. The molecule has 4 aromatic rings. The van der Waals surface area contributed by atoms with Crippen LogP contribution < -0.4 is 4.90 Å². The van der Waals surface area contributed by atoms with Gasteiger partial charge in [-0.25, -0.2) is 0 Å². The van der Waals surface area contributed by atoms with Gasteiger partial charge in [0.1, 0.15) is 0 Å². The van der Waals surface area contributed by atoms with E-state index in [-0.39, 0.29) is 0 Å². The Kier molecular flexibility index (Phi) is 4.79. The van der Waals surface area contributed by atoms with Crippen molar-refractivity contribution in [1.29, 1.82) is 0 Å². The number of para-hydroxylation sites is 1. The van der Waals surface area contributed by atoms with Crippen molar-refractivity contribution >= 4 is 28.2 Å². The molecule has 0 aliphatic rings. The van der Waals surface area contributed by atoms with E-state index in [2.05, 4.69) is 114 Å². The molecule has 4 rings (SSSR count). The smallest absolute Gasteiger partial charge is 0.0420 e. The van der Waals surface area contributed by atoms with Gasteiger partial charge >= 0.3 is 0 Å². The molecule has 0 atom stereocenters. The SMILES string of the molecule is C(=C\c1ccccc1)/CN(c1ccccc1)c1ccc2ccccc2c1. The first-order valence-corrected chi connectivity index (χ1v) is 8.93. The molecule has 0 saturated heterocycles. The summed E-state index contributed by atoms with van der Waals surface area (Å²) in [5.74, 6) is 0. The topological polar surface area (TPSA) is 3.24 Å². The minimum Gasteiger partial charge on any atom is -0.338 e. The maximum atomic E-state index is 2.34. The molecule has 0 heterocycles. The highest BCUT2D eigenvalue weighted by Crippen LogP contribution is 2.28. The second kappa shape index (κ2) is 7.71. The molecular formula is C25H21N. The zero-order valence-corrected chi connectivity index (χ0v) is 14.6. The summed E-state index contributed by atoms with van der Waals surface area (Å²) < 4.78 is 0. The van der Waals surface area contributed by atoms with Gasteiger partial charge in [0.05, 0.1) is 0 Å². The molecule has 0 saturated carbocycles. The maximum Gasteiger partial charge on any atom is 0.0420 e. The summed E-state index contributed by atoms with van der Waals surface area (Å²) in [7, 11) is 0. The Hall–Kier alpha value is -3.32. The molecule has 4 aromatic carbocycles. The van der Waals surface area contributed by atoms with Crippen LogP contribution in [0.25, 0.3) is 16.8 Å². The molecule has 0 aliphatic heterocycles. The van der Waals surface area contributed by atoms with Crippen LogP contribution in [-0.4, -0.2) is 6.54 Å². The van der Waals surface area contributed by atoms with Crippen molar-refractivity contribution < 1.29 is 0 Å². The van der Waals surface area contributed by atoms with Gasteiger partial charge in [-0.1, -0.05) is 91.0 Å². The van der Waals surface area contributed by atoms with E-state index >= 15 is 0 Å². The van der Waals surface area contributed by atoms with E-state index in [0.29, 0.717) is 0 Å². The van der Waals surface area contributed by atoms with Gasteiger partial charge in [0, 0.05) is 17.9 Å². The third-order valence-corrected chi connectivity index (χ3v) is 4.51. The average molecular weight is 335 g/mol. The lowest BCUT2D eigenvalue weighted by Crippen LogP contribution is -2.16. The zero-order valence-electron chi connectivity index (χ0n) is 14.6. The number of fused-ring (bicyclic) bond motifs is 1. The van der Waals surface area contributed by atoms with Crippen LogP contribution in [0.5, 0.6) is 0 Å². The summed E-state index contributed by atoms with van der Waals surface area (Å²) in [6.07, 6.45) is 4.40. The van der Waals surface area contributed by atoms with Crippen LogP contribution in [0, 0.1) is 0 Å². The number of benzene rings is 4. The standard InChI is InChI=1S/C25H21N/c1-3-10-21(11-4-1)12-9-19-26(24-15-5-2-6-16-24)25-18-17-22-13-7-8-14-23(22)20-25/h1-18,20H,19H2/b12-9+. The summed E-state index contributed by atoms with van der Waals surface area (Å²) in [6, 6.07) is 36.1. The van der Waals surface area contributed by atoms with Crippen molar-refractivity contribution in [2.45, 2.75) is 0 Å². The molecular weight excluding hydrogens is 314 g/mol. The van der Waals surface area contributed by atoms with Crippen LogP contribution >= 0.6 is 0 Å². The molecule has 0 aromatic heterocycles. The van der Waals surface area contributed by atoms with Crippen LogP contribution in [0.2, 0.25) is 0 Å². The molecule has 1 nitrogen and oxygen atoms in total. The fourth-order valence-electron chi connectivity index (χ4n) is 3.17. The minimum absolute atomic E-state index is 0.817. The lowest BCUT2D eigenvalue weighted by molar-refractivity contribution is 1.10. The van der Waals surface area contributed by atoms with Crippen molar-refractivity contribution in [2.75, 3.05) is 11.4 Å². The van der Waals surface area contributed by atoms with Gasteiger partial charge < -0.3 is 4.90 Å². The normalized spacial score (nSPS) is 11.1. The molecule has 126 valence electrons. The molecule has 0 bridgehead atoms. The molecule has 1 heteroatoms. The van der Waals surface area contributed by atoms with Crippen LogP contribution in [-0.2, 0) is 0 Å². The van der Waals surface area contributed by atoms with Crippen LogP contribution in [0.3, 0.4) is 0 Å². The predicted octanol–water partition coefficient (Wildman–Crippen LogP) is 6.69. The predicted molar refractivity (Wildman–Crippen MR) is 113 cm³/mol. The van der Waals surface area contributed by atoms with Crippen LogP contribution in [0.1, 0.15) is 5.56 Å². The summed E-state index contributed by atoms with van der Waals surface area (Å²) in [5, 5.41) is 2.53. The van der Waals surface area contributed by atoms with Crippen molar-refractivity contribution in [1.82, 2.24) is 0 Å². The first kappa shape index (κ1) is 16.2. The highest BCUT2D eigenvalue weighted by atomic mass is 15.1. The summed E-state index contributed by atoms with van der Waals surface area (Å²) in [6.45, 7) is 0.817. The number of hydrogen-bond donors (Lipinski definition) is 0. The Labute approximate surface area is 154 Å². The molecule has 0 amide bonds. The highest BCUT2D eigenvalue weighted by molar-refractivity contribution is 5.87. The molecule has 0 spiro atoms. The van der Waals surface area contributed by atoms with Crippen molar-refractivity contribution in [3.05, 3.63) is 115 Å². The fraction of sp³-hybridized carbons (Fsp3) is 0.0400. The first-order chi connectivity index (χ1) is 12.9. The number of anilines is 2. The van der Waals surface area contributed by atoms with E-state index in [9.17, 15) is 0 Å². The van der Waals surface area contributed by atoms with Crippen LogP contribution in [0.4, 0.5) is 11.4 Å². The largest absolute Gasteiger partial charge is 0.338 e. The zero-order chi connectivity index (χ0) is 17.6. The van der Waals surface area contributed by atoms with E-state index in [1.807, 2.05) is 6.07 Å². The van der Waals surface area contributed by atoms with Gasteiger partial charge in [-0.2, -0.15) is 0 Å². The van der Waals surface area contributed by atoms with Crippen molar-refractivity contribution in [2.24, 2.45) is 0 Å². The second-order valence-electron chi connectivity index (χ2n) is 6.29. The third-order valence-electron chi connectivity index (χ3n) is 4.51. The number of hydrogen-bond acceptors (Lipinski definition) is 1. The Morgan fingerprint density at radius 2 is 1.23 bits per heavy atom. The van der Waals surface area contributed by atoms with Gasteiger partial charge in [0.2, 0.25) is 0 Å². The second-order valence-corrected chi connectivity index (χ2v) is 6.29. The van der Waals surface area contributed by atoms with Crippen molar-refractivity contribution in [3.63, 3.8) is 0 Å². The highest BCUT2D eigenvalue weighted by Gasteiger charge is 2.08. The molecule has 0 aliphatic carbocycles. The van der Waals surface area contributed by atoms with E-state index in [0.717, 1.165) is 6.54 Å². The van der Waals surface area contributed by atoms with E-state index in [4.69, 9.17) is 0 Å². The fourth-order valence-corrected chi connectivity index (χ4v) is 3.17. The molecule has 0 radical (unpaired) electrons. The number of rotatable bonds is 5.